The summed E-state index contributed by atoms with van der Waals surface area (Å²) in [7, 11) is -5.98. The van der Waals surface area contributed by atoms with Gasteiger partial charge in [0.25, 0.3) is 0 Å². The van der Waals surface area contributed by atoms with Crippen LogP contribution in [0.4, 0.5) is 61.9 Å². The lowest BCUT2D eigenvalue weighted by Gasteiger charge is -2.39. The quantitative estimate of drug-likeness (QED) is 0.308. The molecule has 2 aromatic carbocycles. The van der Waals surface area contributed by atoms with E-state index < -0.39 is 64.5 Å². The summed E-state index contributed by atoms with van der Waals surface area (Å²) in [4.78, 5) is 11.7. The van der Waals surface area contributed by atoms with Crippen molar-refractivity contribution < 1.29 is 79.2 Å². The Kier molecular flexibility index (Phi) is 8.72. The largest absolute Gasteiger partial charge is 0.460 e. The summed E-state index contributed by atoms with van der Waals surface area (Å²) >= 11 is 0. The molecule has 0 unspecified atom stereocenters. The Balaban J connectivity index is 2.12. The lowest BCUT2D eigenvalue weighted by Crippen LogP contribution is -2.70. The van der Waals surface area contributed by atoms with Gasteiger partial charge in [-0.15, -0.1) is 0 Å². The number of carbonyl (C=O) groups excluding carboxylic acids is 1. The predicted octanol–water partition coefficient (Wildman–Crippen LogP) is 6.44. The molecule has 0 atom stereocenters. The minimum Gasteiger partial charge on any atom is -0.410 e. The zero-order chi connectivity index (χ0) is 31.0. The maximum Gasteiger partial charge on any atom is 0.460 e. The lowest BCUT2D eigenvalue weighted by atomic mass is 9.94. The van der Waals surface area contributed by atoms with Crippen molar-refractivity contribution in [2.45, 2.75) is 35.8 Å². The number of amides is 1. The van der Waals surface area contributed by atoms with Crippen molar-refractivity contribution in [3.8, 4) is 16.9 Å². The Labute approximate surface area is 214 Å². The van der Waals surface area contributed by atoms with E-state index in [1.165, 1.54) is 12.1 Å². The minimum absolute atomic E-state index is 0.392. The summed E-state index contributed by atoms with van der Waals surface area (Å²) in [5, 5.41) is 0. The van der Waals surface area contributed by atoms with Crippen molar-refractivity contribution in [3.05, 3.63) is 54.6 Å². The smallest absolute Gasteiger partial charge is 0.410 e. The molecule has 2 aromatic rings. The van der Waals surface area contributed by atoms with Crippen LogP contribution in [-0.2, 0) is 14.5 Å². The molecule has 0 aliphatic heterocycles. The van der Waals surface area contributed by atoms with Crippen LogP contribution in [0.1, 0.15) is 0 Å². The Hall–Kier alpha value is -3.29. The van der Waals surface area contributed by atoms with Gasteiger partial charge in [0.15, 0.2) is 0 Å². The number of hydrogen-bond acceptors (Lipinski definition) is 5. The van der Waals surface area contributed by atoms with E-state index in [-0.39, 0.29) is 0 Å². The second kappa shape index (κ2) is 10.6. The highest BCUT2D eigenvalue weighted by Gasteiger charge is 2.90. The topological polar surface area (TPSA) is 81.7 Å². The fraction of sp³-hybridized carbons (Fsp3) is 0.350. The molecule has 0 fully saturated rings. The average molecular weight is 625 g/mol. The van der Waals surface area contributed by atoms with Gasteiger partial charge in [-0.3, -0.25) is 0 Å². The number of benzene rings is 2. The molecular formula is C20H12F13NO5S. The molecule has 20 heteroatoms. The maximum absolute atomic E-state index is 13.7. The standard InChI is InChI=1S/C20H12F13NO5S/c21-15(22,16(23,24)17(25,26)18(27,28)19(29,30)20(31,32)33)10-38-40(36,37)34-14(35)39-13-8-6-12(7-9-13)11-4-2-1-3-5-11/h1-9H,10H2,(H,34,35). The fourth-order valence-electron chi connectivity index (χ4n) is 2.65. The molecule has 0 aliphatic carbocycles. The second-order valence-corrected chi connectivity index (χ2v) is 8.95. The summed E-state index contributed by atoms with van der Waals surface area (Å²) in [6.07, 6.45) is -9.65. The van der Waals surface area contributed by atoms with Gasteiger partial charge in [0, 0.05) is 0 Å². The van der Waals surface area contributed by atoms with Crippen LogP contribution >= 0.6 is 0 Å². The Bertz CT molecular complexity index is 1300. The Morgan fingerprint density at radius 3 is 1.57 bits per heavy atom. The molecule has 0 heterocycles. The van der Waals surface area contributed by atoms with Gasteiger partial charge in [0.05, 0.1) is 0 Å². The lowest BCUT2D eigenvalue weighted by molar-refractivity contribution is -0.440. The number of carbonyl (C=O) groups is 1. The van der Waals surface area contributed by atoms with Crippen molar-refractivity contribution >= 4 is 16.4 Å². The Morgan fingerprint density at radius 2 is 1.10 bits per heavy atom. The van der Waals surface area contributed by atoms with Crippen LogP contribution in [0.3, 0.4) is 0 Å². The van der Waals surface area contributed by atoms with E-state index in [1.807, 2.05) is 0 Å². The highest BCUT2D eigenvalue weighted by molar-refractivity contribution is 7.85. The number of hydrogen-bond donors (Lipinski definition) is 1. The Morgan fingerprint density at radius 1 is 0.650 bits per heavy atom. The fourth-order valence-corrected chi connectivity index (χ4v) is 3.26. The first kappa shape index (κ1) is 32.9. The number of halogens is 13. The van der Waals surface area contributed by atoms with Crippen molar-refractivity contribution in [1.82, 2.24) is 4.72 Å². The van der Waals surface area contributed by atoms with Gasteiger partial charge in [-0.1, -0.05) is 42.5 Å². The van der Waals surface area contributed by atoms with E-state index in [0.717, 1.165) is 12.1 Å². The van der Waals surface area contributed by atoms with Crippen LogP contribution in [0.5, 0.6) is 5.75 Å². The summed E-state index contributed by atoms with van der Waals surface area (Å²) in [6, 6.07) is 13.4. The van der Waals surface area contributed by atoms with Crippen LogP contribution in [-0.4, -0.2) is 56.9 Å². The zero-order valence-corrected chi connectivity index (χ0v) is 19.6. The highest BCUT2D eigenvalue weighted by Crippen LogP contribution is 2.60. The SMILES string of the molecule is O=C(NS(=O)(=O)OCC(F)(F)C(F)(F)C(F)(F)C(F)(F)C(F)(F)C(F)(F)F)Oc1ccc(-c2ccccc2)cc1. The molecule has 0 saturated heterocycles. The van der Waals surface area contributed by atoms with E-state index in [0.29, 0.717) is 15.8 Å². The average Bonchev–Trinajstić information content (AvgIpc) is 2.82. The van der Waals surface area contributed by atoms with E-state index in [1.54, 1.807) is 30.3 Å². The predicted molar refractivity (Wildman–Crippen MR) is 107 cm³/mol. The molecule has 0 saturated carbocycles. The summed E-state index contributed by atoms with van der Waals surface area (Å²) in [5.74, 6) is -39.2. The third kappa shape index (κ3) is 6.21. The van der Waals surface area contributed by atoms with Crippen molar-refractivity contribution in [1.29, 1.82) is 0 Å². The second-order valence-electron chi connectivity index (χ2n) is 7.60. The van der Waals surface area contributed by atoms with E-state index in [9.17, 15) is 70.3 Å². The normalized spacial score (nSPS) is 14.1. The van der Waals surface area contributed by atoms with Crippen molar-refractivity contribution in [2.75, 3.05) is 6.61 Å². The van der Waals surface area contributed by atoms with Crippen LogP contribution < -0.4 is 9.46 Å². The van der Waals surface area contributed by atoms with Crippen LogP contribution in [0.2, 0.25) is 0 Å². The van der Waals surface area contributed by atoms with Crippen LogP contribution in [0.15, 0.2) is 54.6 Å². The minimum atomic E-state index is -8.16. The van der Waals surface area contributed by atoms with Crippen LogP contribution in [0.25, 0.3) is 11.1 Å². The van der Waals surface area contributed by atoms with Crippen molar-refractivity contribution in [3.63, 3.8) is 0 Å². The van der Waals surface area contributed by atoms with Crippen LogP contribution in [0, 0.1) is 0 Å². The molecule has 0 radical (unpaired) electrons. The number of rotatable bonds is 10. The first-order valence-electron chi connectivity index (χ1n) is 9.90. The zero-order valence-electron chi connectivity index (χ0n) is 18.8. The summed E-state index contributed by atoms with van der Waals surface area (Å²) in [6.45, 7) is -3.53. The van der Waals surface area contributed by atoms with E-state index in [2.05, 4.69) is 8.92 Å². The summed E-state index contributed by atoms with van der Waals surface area (Å²) in [5.41, 5.74) is 1.26. The molecule has 1 amide bonds. The van der Waals surface area contributed by atoms with E-state index >= 15 is 0 Å². The highest BCUT2D eigenvalue weighted by atomic mass is 32.2. The first-order chi connectivity index (χ1) is 17.9. The molecular weight excluding hydrogens is 613 g/mol. The first-order valence-corrected chi connectivity index (χ1v) is 11.3. The molecule has 0 aromatic heterocycles. The van der Waals surface area contributed by atoms with Gasteiger partial charge in [0.2, 0.25) is 0 Å². The molecule has 1 N–H and O–H groups in total. The number of ether oxygens (including phenoxy) is 1. The van der Waals surface area contributed by atoms with Gasteiger partial charge in [-0.05, 0) is 23.3 Å². The van der Waals surface area contributed by atoms with Gasteiger partial charge in [-0.2, -0.15) is 70.2 Å². The number of nitrogens with one attached hydrogen (secondary N) is 1. The van der Waals surface area contributed by atoms with Crippen molar-refractivity contribution in [2.24, 2.45) is 0 Å². The number of alkyl halides is 13. The third-order valence-electron chi connectivity index (χ3n) is 4.77. The van der Waals surface area contributed by atoms with Gasteiger partial charge in [0.1, 0.15) is 12.4 Å². The molecule has 224 valence electrons. The van der Waals surface area contributed by atoms with E-state index in [4.69, 9.17) is 0 Å². The van der Waals surface area contributed by atoms with Gasteiger partial charge >= 0.3 is 52.2 Å². The molecule has 2 rings (SSSR count). The summed E-state index contributed by atoms with van der Waals surface area (Å²) < 4.78 is 201. The molecule has 40 heavy (non-hydrogen) atoms. The maximum atomic E-state index is 13.7. The molecule has 0 bridgehead atoms. The monoisotopic (exact) mass is 625 g/mol. The van der Waals surface area contributed by atoms with Gasteiger partial charge < -0.3 is 4.74 Å². The molecule has 0 spiro atoms. The van der Waals surface area contributed by atoms with Gasteiger partial charge in [-0.25, -0.2) is 8.98 Å². The third-order valence-corrected chi connectivity index (χ3v) is 5.62. The molecule has 0 aliphatic rings. The molecule has 6 nitrogen and oxygen atoms in total.